The fourth-order valence-corrected chi connectivity index (χ4v) is 8.28. The van der Waals surface area contributed by atoms with Crippen molar-refractivity contribution in [3.8, 4) is 11.5 Å². The van der Waals surface area contributed by atoms with Crippen molar-refractivity contribution in [2.24, 2.45) is 17.8 Å². The molecule has 0 spiro atoms. The first-order valence-electron chi connectivity index (χ1n) is 13.0. The molecule has 8 heteroatoms. The molecular formula is C28H34N2O5S. The smallest absolute Gasteiger partial charge is 0.240 e. The van der Waals surface area contributed by atoms with Gasteiger partial charge in [-0.1, -0.05) is 24.3 Å². The molecule has 1 amide bonds. The van der Waals surface area contributed by atoms with Crippen molar-refractivity contribution in [2.45, 2.75) is 50.0 Å². The van der Waals surface area contributed by atoms with E-state index in [1.54, 1.807) is 0 Å². The molecule has 0 radical (unpaired) electrons. The van der Waals surface area contributed by atoms with Gasteiger partial charge in [-0.15, -0.1) is 0 Å². The van der Waals surface area contributed by atoms with E-state index in [-0.39, 0.29) is 30.5 Å². The average Bonchev–Trinajstić information content (AvgIpc) is 2.84. The van der Waals surface area contributed by atoms with E-state index in [0.717, 1.165) is 24.0 Å². The molecule has 4 fully saturated rings. The third-order valence-corrected chi connectivity index (χ3v) is 9.73. The minimum Gasteiger partial charge on any atom is -0.486 e. The lowest BCUT2D eigenvalue weighted by Crippen LogP contribution is -2.48. The Morgan fingerprint density at radius 3 is 2.19 bits per heavy atom. The molecule has 4 bridgehead atoms. The lowest BCUT2D eigenvalue weighted by atomic mass is 9.48. The Bertz CT molecular complexity index is 1210. The highest BCUT2D eigenvalue weighted by Gasteiger charge is 2.51. The number of ether oxygens (including phenoxy) is 2. The molecule has 7 rings (SSSR count). The fraction of sp³-hybridized carbons (Fsp3) is 0.536. The van der Waals surface area contributed by atoms with Gasteiger partial charge in [-0.05, 0) is 91.5 Å². The molecule has 1 aliphatic heterocycles. The highest BCUT2D eigenvalue weighted by Crippen LogP contribution is 2.60. The van der Waals surface area contributed by atoms with Crippen LogP contribution < -0.4 is 19.1 Å². The molecule has 0 saturated heterocycles. The monoisotopic (exact) mass is 510 g/mol. The molecule has 36 heavy (non-hydrogen) atoms. The minimum atomic E-state index is -3.64. The van der Waals surface area contributed by atoms with Crippen molar-refractivity contribution in [3.05, 3.63) is 54.1 Å². The standard InChI is InChI=1S/C28H34N2O5S/c1-36(32,33)30(17-27(31)29-16-24-18-34-25-4-2-3-5-26(25)35-24)23-8-6-22(7-9-23)28-13-19-10-20(14-28)12-21(11-19)15-28/h2-9,19-21,24H,10-18H2,1H3,(H,29,31)/t19?,20?,21?,24-,28?/m1/s1. The van der Waals surface area contributed by atoms with Gasteiger partial charge in [0.15, 0.2) is 11.5 Å². The van der Waals surface area contributed by atoms with E-state index in [1.165, 1.54) is 48.4 Å². The highest BCUT2D eigenvalue weighted by molar-refractivity contribution is 7.92. The van der Waals surface area contributed by atoms with Crippen molar-refractivity contribution in [2.75, 3.05) is 30.3 Å². The maximum Gasteiger partial charge on any atom is 0.240 e. The zero-order valence-electron chi connectivity index (χ0n) is 20.7. The quantitative estimate of drug-likeness (QED) is 0.611. The van der Waals surface area contributed by atoms with E-state index in [2.05, 4.69) is 17.4 Å². The van der Waals surface area contributed by atoms with Gasteiger partial charge < -0.3 is 14.8 Å². The van der Waals surface area contributed by atoms with Gasteiger partial charge in [0.05, 0.1) is 18.5 Å². The Hall–Kier alpha value is -2.74. The molecule has 2 aromatic carbocycles. The largest absolute Gasteiger partial charge is 0.486 e. The van der Waals surface area contributed by atoms with Gasteiger partial charge >= 0.3 is 0 Å². The number of carbonyl (C=O) groups is 1. The number of sulfonamides is 1. The van der Waals surface area contributed by atoms with Crippen LogP contribution in [0, 0.1) is 17.8 Å². The van der Waals surface area contributed by atoms with Crippen LogP contribution in [-0.4, -0.2) is 46.4 Å². The number of fused-ring (bicyclic) bond motifs is 1. The fourth-order valence-electron chi connectivity index (χ4n) is 7.42. The maximum atomic E-state index is 12.7. The Morgan fingerprint density at radius 2 is 1.58 bits per heavy atom. The molecule has 1 atom stereocenters. The number of carbonyl (C=O) groups excluding carboxylic acids is 1. The summed E-state index contributed by atoms with van der Waals surface area (Å²) in [6, 6.07) is 15.3. The van der Waals surface area contributed by atoms with Crippen LogP contribution in [0.1, 0.15) is 44.1 Å². The minimum absolute atomic E-state index is 0.232. The van der Waals surface area contributed by atoms with Crippen LogP contribution in [0.3, 0.4) is 0 Å². The molecule has 4 aliphatic carbocycles. The third-order valence-electron chi connectivity index (χ3n) is 8.59. The van der Waals surface area contributed by atoms with E-state index in [4.69, 9.17) is 9.47 Å². The van der Waals surface area contributed by atoms with Crippen molar-refractivity contribution in [3.63, 3.8) is 0 Å². The predicted molar refractivity (Wildman–Crippen MR) is 138 cm³/mol. The summed E-state index contributed by atoms with van der Waals surface area (Å²) in [6.07, 6.45) is 8.74. The van der Waals surface area contributed by atoms with E-state index in [9.17, 15) is 13.2 Å². The lowest BCUT2D eigenvalue weighted by molar-refractivity contribution is -0.120. The summed E-state index contributed by atoms with van der Waals surface area (Å²) < 4.78 is 38.0. The molecule has 4 saturated carbocycles. The Labute approximate surface area is 213 Å². The van der Waals surface area contributed by atoms with Crippen LogP contribution in [0.4, 0.5) is 5.69 Å². The van der Waals surface area contributed by atoms with Crippen LogP contribution in [-0.2, 0) is 20.2 Å². The molecule has 7 nitrogen and oxygen atoms in total. The summed E-state index contributed by atoms with van der Waals surface area (Å²) >= 11 is 0. The summed E-state index contributed by atoms with van der Waals surface area (Å²) in [5.41, 5.74) is 2.10. The summed E-state index contributed by atoms with van der Waals surface area (Å²) in [5, 5.41) is 2.81. The summed E-state index contributed by atoms with van der Waals surface area (Å²) in [4.78, 5) is 12.7. The van der Waals surface area contributed by atoms with E-state index >= 15 is 0 Å². The molecule has 192 valence electrons. The van der Waals surface area contributed by atoms with Crippen LogP contribution >= 0.6 is 0 Å². The second-order valence-corrected chi connectivity index (χ2v) is 13.2. The zero-order valence-corrected chi connectivity index (χ0v) is 21.5. The van der Waals surface area contributed by atoms with Crippen LogP contribution in [0.2, 0.25) is 0 Å². The van der Waals surface area contributed by atoms with Crippen LogP contribution in [0.5, 0.6) is 11.5 Å². The molecule has 1 heterocycles. The number of hydrogen-bond acceptors (Lipinski definition) is 5. The second-order valence-electron chi connectivity index (χ2n) is 11.3. The van der Waals surface area contributed by atoms with Gasteiger partial charge in [-0.3, -0.25) is 9.10 Å². The molecule has 0 aromatic heterocycles. The van der Waals surface area contributed by atoms with Crippen LogP contribution in [0.25, 0.3) is 0 Å². The number of nitrogens with zero attached hydrogens (tertiary/aromatic N) is 1. The number of amides is 1. The Morgan fingerprint density at radius 1 is 0.972 bits per heavy atom. The van der Waals surface area contributed by atoms with Gasteiger partial charge in [0.25, 0.3) is 0 Å². The molecule has 2 aromatic rings. The third kappa shape index (κ3) is 4.56. The molecule has 5 aliphatic rings. The van der Waals surface area contributed by atoms with Crippen LogP contribution in [0.15, 0.2) is 48.5 Å². The topological polar surface area (TPSA) is 84.9 Å². The number of rotatable bonds is 7. The van der Waals surface area contributed by atoms with E-state index in [0.29, 0.717) is 23.8 Å². The summed E-state index contributed by atoms with van der Waals surface area (Å²) in [5.74, 6) is 3.48. The number of para-hydroxylation sites is 2. The van der Waals surface area contributed by atoms with Crippen molar-refractivity contribution in [1.82, 2.24) is 5.32 Å². The first-order valence-corrected chi connectivity index (χ1v) is 14.9. The van der Waals surface area contributed by atoms with Crippen molar-refractivity contribution in [1.29, 1.82) is 0 Å². The number of hydrogen-bond donors (Lipinski definition) is 1. The first kappa shape index (κ1) is 23.6. The maximum absolute atomic E-state index is 12.7. The molecular weight excluding hydrogens is 476 g/mol. The Balaban J connectivity index is 1.11. The van der Waals surface area contributed by atoms with Crippen molar-refractivity contribution < 1.29 is 22.7 Å². The predicted octanol–water partition coefficient (Wildman–Crippen LogP) is 3.88. The normalized spacial score (nSPS) is 30.1. The van der Waals surface area contributed by atoms with E-state index in [1.807, 2.05) is 36.4 Å². The van der Waals surface area contributed by atoms with Gasteiger partial charge in [0, 0.05) is 0 Å². The van der Waals surface area contributed by atoms with Gasteiger partial charge in [-0.25, -0.2) is 8.42 Å². The van der Waals surface area contributed by atoms with Gasteiger partial charge in [0.2, 0.25) is 15.9 Å². The summed E-state index contributed by atoms with van der Waals surface area (Å²) in [6.45, 7) is 0.272. The molecule has 1 N–H and O–H groups in total. The highest BCUT2D eigenvalue weighted by atomic mass is 32.2. The molecule has 0 unspecified atom stereocenters. The number of benzene rings is 2. The van der Waals surface area contributed by atoms with Gasteiger partial charge in [0.1, 0.15) is 19.3 Å². The van der Waals surface area contributed by atoms with Gasteiger partial charge in [-0.2, -0.15) is 0 Å². The SMILES string of the molecule is CS(=O)(=O)N(CC(=O)NC[C@@H]1COc2ccccc2O1)c1ccc(C23CC4CC(CC(C4)C2)C3)cc1. The zero-order chi connectivity index (χ0) is 24.9. The van der Waals surface area contributed by atoms with E-state index < -0.39 is 10.0 Å². The van der Waals surface area contributed by atoms with Crippen molar-refractivity contribution >= 4 is 21.6 Å². The first-order chi connectivity index (χ1) is 17.3. The summed E-state index contributed by atoms with van der Waals surface area (Å²) in [7, 11) is -3.64. The Kier molecular flexibility index (Phi) is 5.90. The second kappa shape index (κ2) is 8.98. The number of nitrogens with one attached hydrogen (secondary N) is 1. The number of anilines is 1. The average molecular weight is 511 g/mol. The lowest BCUT2D eigenvalue weighted by Gasteiger charge is -2.57.